The largest absolute Gasteiger partial charge is 0.371 e. The van der Waals surface area contributed by atoms with Gasteiger partial charge in [0.15, 0.2) is 0 Å². The molecule has 0 bridgehead atoms. The molecule has 2 aromatic rings. The average molecular weight is 398 g/mol. The molecule has 7 heteroatoms. The summed E-state index contributed by atoms with van der Waals surface area (Å²) in [4.78, 5) is 1.94. The molecule has 0 spiro atoms. The predicted octanol–water partition coefficient (Wildman–Crippen LogP) is 6.49. The van der Waals surface area contributed by atoms with Crippen molar-refractivity contribution in [2.75, 3.05) is 18.1 Å². The van der Waals surface area contributed by atoms with Gasteiger partial charge < -0.3 is 9.64 Å². The van der Waals surface area contributed by atoms with Crippen LogP contribution in [0.25, 0.3) is 0 Å². The van der Waals surface area contributed by atoms with Gasteiger partial charge in [-0.3, -0.25) is 0 Å². The van der Waals surface area contributed by atoms with Gasteiger partial charge in [0.05, 0.1) is 50.1 Å². The molecule has 1 saturated heterocycles. The quantitative estimate of drug-likeness (QED) is 0.333. The molecular formula is C15H10Cl5NO. The second-order valence-corrected chi connectivity index (χ2v) is 6.71. The zero-order valence-electron chi connectivity index (χ0n) is 11.1. The van der Waals surface area contributed by atoms with Gasteiger partial charge in [-0.2, -0.15) is 0 Å². The van der Waals surface area contributed by atoms with Crippen LogP contribution in [0.1, 0.15) is 0 Å². The molecule has 0 radical (unpaired) electrons. The summed E-state index contributed by atoms with van der Waals surface area (Å²) in [6.45, 7) is 1.30. The van der Waals surface area contributed by atoms with Crippen molar-refractivity contribution in [3.63, 3.8) is 0 Å². The van der Waals surface area contributed by atoms with Crippen LogP contribution in [0.4, 0.5) is 11.4 Å². The average Bonchev–Trinajstić information content (AvgIpc) is 3.35. The highest BCUT2D eigenvalue weighted by molar-refractivity contribution is 6.56. The molecule has 1 heterocycles. The van der Waals surface area contributed by atoms with Crippen LogP contribution in [0.5, 0.6) is 0 Å². The number of hydrogen-bond donors (Lipinski definition) is 0. The van der Waals surface area contributed by atoms with Crippen molar-refractivity contribution < 1.29 is 4.74 Å². The Balaban J connectivity index is 2.16. The van der Waals surface area contributed by atoms with Gasteiger partial charge in [-0.1, -0.05) is 76.2 Å². The van der Waals surface area contributed by atoms with Crippen molar-refractivity contribution in [1.82, 2.24) is 0 Å². The molecule has 1 aliphatic rings. The first-order chi connectivity index (χ1) is 10.5. The Labute approximate surface area is 153 Å². The Morgan fingerprint density at radius 3 is 1.86 bits per heavy atom. The first-order valence-electron chi connectivity index (χ1n) is 6.46. The highest BCUT2D eigenvalue weighted by Crippen LogP contribution is 2.50. The molecule has 1 aliphatic heterocycles. The summed E-state index contributed by atoms with van der Waals surface area (Å²) in [5.74, 6) is 0. The molecule has 116 valence electrons. The van der Waals surface area contributed by atoms with Crippen LogP contribution < -0.4 is 4.90 Å². The third-order valence-corrected chi connectivity index (χ3v) is 5.57. The van der Waals surface area contributed by atoms with Crippen LogP contribution in [-0.2, 0) is 4.74 Å². The Kier molecular flexibility index (Phi) is 4.98. The molecule has 0 saturated carbocycles. The summed E-state index contributed by atoms with van der Waals surface area (Å²) in [6, 6.07) is 9.69. The van der Waals surface area contributed by atoms with Crippen LogP contribution in [0, 0.1) is 0 Å². The van der Waals surface area contributed by atoms with E-state index in [0.717, 1.165) is 5.69 Å². The van der Waals surface area contributed by atoms with Crippen molar-refractivity contribution in [1.29, 1.82) is 0 Å². The Morgan fingerprint density at radius 2 is 1.36 bits per heavy atom. The molecule has 2 aromatic carbocycles. The van der Waals surface area contributed by atoms with Crippen molar-refractivity contribution >= 4 is 69.4 Å². The molecule has 0 aromatic heterocycles. The standard InChI is InChI=1S/C15H10Cl5NO/c16-10-11(17)13(19)15(14(20)12(10)18)21(6-9-7-22-9)8-4-2-1-3-5-8/h1-5,9H,6-7H2. The molecule has 1 atom stereocenters. The number of anilines is 2. The van der Waals surface area contributed by atoms with Gasteiger partial charge in [-0.25, -0.2) is 0 Å². The van der Waals surface area contributed by atoms with E-state index in [9.17, 15) is 0 Å². The number of halogens is 5. The molecule has 0 amide bonds. The van der Waals surface area contributed by atoms with E-state index >= 15 is 0 Å². The van der Waals surface area contributed by atoms with Gasteiger partial charge in [0.2, 0.25) is 0 Å². The van der Waals surface area contributed by atoms with E-state index in [0.29, 0.717) is 18.8 Å². The number of nitrogens with zero attached hydrogens (tertiary/aromatic N) is 1. The van der Waals surface area contributed by atoms with Crippen LogP contribution in [0.2, 0.25) is 25.1 Å². The van der Waals surface area contributed by atoms with E-state index in [4.69, 9.17) is 62.7 Å². The van der Waals surface area contributed by atoms with Crippen molar-refractivity contribution in [3.05, 3.63) is 55.4 Å². The third-order valence-electron chi connectivity index (χ3n) is 3.31. The molecule has 22 heavy (non-hydrogen) atoms. The van der Waals surface area contributed by atoms with Crippen LogP contribution >= 0.6 is 58.0 Å². The number of hydrogen-bond acceptors (Lipinski definition) is 2. The van der Waals surface area contributed by atoms with Gasteiger partial charge in [0.1, 0.15) is 0 Å². The maximum Gasteiger partial charge on any atom is 0.0988 e. The smallest absolute Gasteiger partial charge is 0.0988 e. The van der Waals surface area contributed by atoms with Gasteiger partial charge in [-0.05, 0) is 12.1 Å². The van der Waals surface area contributed by atoms with Gasteiger partial charge in [0.25, 0.3) is 0 Å². The molecule has 1 unspecified atom stereocenters. The summed E-state index contributed by atoms with van der Waals surface area (Å²) >= 11 is 31.2. The fourth-order valence-electron chi connectivity index (χ4n) is 2.14. The molecule has 0 aliphatic carbocycles. The minimum atomic E-state index is 0.126. The van der Waals surface area contributed by atoms with Gasteiger partial charge >= 0.3 is 0 Å². The summed E-state index contributed by atoms with van der Waals surface area (Å²) in [5, 5.41) is 1.06. The lowest BCUT2D eigenvalue weighted by Gasteiger charge is -2.27. The lowest BCUT2D eigenvalue weighted by molar-refractivity contribution is 0.411. The monoisotopic (exact) mass is 395 g/mol. The normalized spacial score (nSPS) is 16.7. The first-order valence-corrected chi connectivity index (χ1v) is 8.35. The molecule has 1 fully saturated rings. The van der Waals surface area contributed by atoms with Crippen molar-refractivity contribution in [3.8, 4) is 0 Å². The maximum absolute atomic E-state index is 6.38. The van der Waals surface area contributed by atoms with Gasteiger partial charge in [0, 0.05) is 5.69 Å². The number of ether oxygens (including phenoxy) is 1. The summed E-state index contributed by atoms with van der Waals surface area (Å²) in [7, 11) is 0. The van der Waals surface area contributed by atoms with Gasteiger partial charge in [-0.15, -0.1) is 0 Å². The summed E-state index contributed by atoms with van der Waals surface area (Å²) < 4.78 is 5.33. The van der Waals surface area contributed by atoms with E-state index < -0.39 is 0 Å². The van der Waals surface area contributed by atoms with Crippen molar-refractivity contribution in [2.45, 2.75) is 6.10 Å². The highest BCUT2D eigenvalue weighted by Gasteiger charge is 2.30. The number of benzene rings is 2. The maximum atomic E-state index is 6.38. The minimum Gasteiger partial charge on any atom is -0.371 e. The number of para-hydroxylation sites is 1. The zero-order valence-corrected chi connectivity index (χ0v) is 14.9. The van der Waals surface area contributed by atoms with Crippen LogP contribution in [0.15, 0.2) is 30.3 Å². The minimum absolute atomic E-state index is 0.126. The second-order valence-electron chi connectivity index (χ2n) is 4.82. The molecular weight excluding hydrogens is 387 g/mol. The van der Waals surface area contributed by atoms with E-state index in [1.54, 1.807) is 0 Å². The fourth-order valence-corrected chi connectivity index (χ4v) is 3.47. The molecule has 2 nitrogen and oxygen atoms in total. The van der Waals surface area contributed by atoms with E-state index in [1.165, 1.54) is 0 Å². The Hall–Kier alpha value is -0.350. The summed E-state index contributed by atoms with van der Waals surface area (Å²) in [6.07, 6.45) is 0.126. The van der Waals surface area contributed by atoms with Crippen molar-refractivity contribution in [2.24, 2.45) is 0 Å². The first kappa shape index (κ1) is 16.5. The van der Waals surface area contributed by atoms with E-state index in [-0.39, 0.29) is 31.2 Å². The lowest BCUT2D eigenvalue weighted by atomic mass is 10.2. The highest BCUT2D eigenvalue weighted by atomic mass is 35.5. The molecule has 0 N–H and O–H groups in total. The third kappa shape index (κ3) is 3.14. The van der Waals surface area contributed by atoms with Crippen LogP contribution in [-0.4, -0.2) is 19.3 Å². The fraction of sp³-hybridized carbons (Fsp3) is 0.200. The predicted molar refractivity (Wildman–Crippen MR) is 94.7 cm³/mol. The zero-order chi connectivity index (χ0) is 15.9. The SMILES string of the molecule is Clc1c(Cl)c(Cl)c(N(CC2CO2)c2ccccc2)c(Cl)c1Cl. The second kappa shape index (κ2) is 6.64. The van der Waals surface area contributed by atoms with Crippen LogP contribution in [0.3, 0.4) is 0 Å². The lowest BCUT2D eigenvalue weighted by Crippen LogP contribution is -2.23. The van der Waals surface area contributed by atoms with E-state index in [2.05, 4.69) is 0 Å². The molecule has 3 rings (SSSR count). The summed E-state index contributed by atoms with van der Waals surface area (Å²) in [5.41, 5.74) is 1.45. The number of epoxide rings is 1. The van der Waals surface area contributed by atoms with E-state index in [1.807, 2.05) is 35.2 Å². The Bertz CT molecular complexity index is 674. The Morgan fingerprint density at radius 1 is 0.864 bits per heavy atom. The number of rotatable bonds is 4. The topological polar surface area (TPSA) is 15.8 Å².